The van der Waals surface area contributed by atoms with Gasteiger partial charge in [-0.2, -0.15) is 5.10 Å². The fraction of sp³-hybridized carbons (Fsp3) is 0.714. The molecule has 19 heavy (non-hydrogen) atoms. The molecule has 1 aliphatic heterocycles. The molecule has 0 spiro atoms. The second-order valence-electron chi connectivity index (χ2n) is 6.29. The van der Waals surface area contributed by atoms with Gasteiger partial charge in [-0.15, -0.1) is 0 Å². The number of carbonyl (C=O) groups is 1. The molecule has 1 aromatic rings. The predicted molar refractivity (Wildman–Crippen MR) is 75.7 cm³/mol. The largest absolute Gasteiger partial charge is 0.396 e. The van der Waals surface area contributed by atoms with Gasteiger partial charge in [-0.25, -0.2) is 0 Å². The van der Waals surface area contributed by atoms with Crippen LogP contribution >= 0.6 is 0 Å². The van der Waals surface area contributed by atoms with E-state index in [2.05, 4.69) is 18.9 Å². The van der Waals surface area contributed by atoms with Crippen LogP contribution in [0.2, 0.25) is 0 Å². The van der Waals surface area contributed by atoms with E-state index in [0.29, 0.717) is 17.6 Å². The second-order valence-corrected chi connectivity index (χ2v) is 6.29. The van der Waals surface area contributed by atoms with Gasteiger partial charge < -0.3 is 10.6 Å². The molecule has 2 N–H and O–H groups in total. The lowest BCUT2D eigenvalue weighted by molar-refractivity contribution is -0.134. The molecule has 0 aliphatic carbocycles. The number of aryl methyl sites for hydroxylation is 1. The summed E-state index contributed by atoms with van der Waals surface area (Å²) in [6.45, 7) is 10.3. The summed E-state index contributed by atoms with van der Waals surface area (Å²) in [6.07, 6.45) is 2.13. The van der Waals surface area contributed by atoms with Gasteiger partial charge in [-0.05, 0) is 32.1 Å². The number of anilines is 1. The minimum absolute atomic E-state index is 0.140. The second kappa shape index (κ2) is 4.87. The number of nitrogens with two attached hydrogens (primary N) is 1. The highest BCUT2D eigenvalue weighted by atomic mass is 16.2. The van der Waals surface area contributed by atoms with Crippen molar-refractivity contribution in [3.63, 3.8) is 0 Å². The van der Waals surface area contributed by atoms with Crippen LogP contribution in [0.1, 0.15) is 38.1 Å². The van der Waals surface area contributed by atoms with Crippen LogP contribution in [0.4, 0.5) is 5.69 Å². The molecule has 1 aromatic heterocycles. The highest BCUT2D eigenvalue weighted by Crippen LogP contribution is 2.29. The number of amides is 1. The Morgan fingerprint density at radius 3 is 2.37 bits per heavy atom. The van der Waals surface area contributed by atoms with E-state index in [9.17, 15) is 4.79 Å². The Balaban J connectivity index is 2.00. The predicted octanol–water partition coefficient (Wildman–Crippen LogP) is 1.73. The van der Waals surface area contributed by atoms with E-state index in [0.717, 1.165) is 37.3 Å². The molecule has 0 atom stereocenters. The molecule has 0 unspecified atom stereocenters. The zero-order valence-corrected chi connectivity index (χ0v) is 12.4. The van der Waals surface area contributed by atoms with E-state index in [1.54, 1.807) is 4.68 Å². The fourth-order valence-electron chi connectivity index (χ4n) is 2.45. The van der Waals surface area contributed by atoms with Gasteiger partial charge in [0.1, 0.15) is 6.54 Å². The van der Waals surface area contributed by atoms with E-state index in [1.807, 2.05) is 18.7 Å². The summed E-state index contributed by atoms with van der Waals surface area (Å²) in [5, 5.41) is 4.32. The van der Waals surface area contributed by atoms with E-state index >= 15 is 0 Å². The molecule has 1 amide bonds. The number of hydrogen-bond donors (Lipinski definition) is 1. The van der Waals surface area contributed by atoms with Crippen molar-refractivity contribution in [3.05, 3.63) is 11.4 Å². The molecule has 1 saturated heterocycles. The first kappa shape index (κ1) is 13.9. The number of likely N-dealkylation sites (tertiary alicyclic amines) is 1. The van der Waals surface area contributed by atoms with Gasteiger partial charge in [0, 0.05) is 13.1 Å². The minimum atomic E-state index is 0.140. The lowest BCUT2D eigenvalue weighted by atomic mass is 9.83. The van der Waals surface area contributed by atoms with Crippen molar-refractivity contribution >= 4 is 11.6 Å². The van der Waals surface area contributed by atoms with Crippen molar-refractivity contribution in [3.8, 4) is 0 Å². The average molecular weight is 264 g/mol. The molecule has 2 rings (SSSR count). The quantitative estimate of drug-likeness (QED) is 0.884. The summed E-state index contributed by atoms with van der Waals surface area (Å²) in [5.74, 6) is 0.140. The first-order valence-corrected chi connectivity index (χ1v) is 6.87. The van der Waals surface area contributed by atoms with E-state index < -0.39 is 0 Å². The van der Waals surface area contributed by atoms with Crippen LogP contribution in [0.25, 0.3) is 0 Å². The van der Waals surface area contributed by atoms with Crippen molar-refractivity contribution in [2.45, 2.75) is 47.1 Å². The first-order valence-electron chi connectivity index (χ1n) is 6.87. The summed E-state index contributed by atoms with van der Waals surface area (Å²) in [4.78, 5) is 14.2. The Morgan fingerprint density at radius 1 is 1.32 bits per heavy atom. The molecular formula is C14H24N4O. The SMILES string of the molecule is Cc1nn(CC(=O)N2CCC(C)(C)CC2)c(C)c1N. The average Bonchev–Trinajstić information content (AvgIpc) is 2.57. The summed E-state index contributed by atoms with van der Waals surface area (Å²) in [5.41, 5.74) is 8.61. The Bertz CT molecular complexity index is 480. The maximum atomic E-state index is 12.3. The van der Waals surface area contributed by atoms with Gasteiger partial charge in [-0.1, -0.05) is 13.8 Å². The molecule has 0 radical (unpaired) electrons. The fourth-order valence-corrected chi connectivity index (χ4v) is 2.45. The van der Waals surface area contributed by atoms with Gasteiger partial charge in [-0.3, -0.25) is 9.48 Å². The molecule has 5 heteroatoms. The number of hydrogen-bond acceptors (Lipinski definition) is 3. The topological polar surface area (TPSA) is 64.2 Å². The van der Waals surface area contributed by atoms with Crippen molar-refractivity contribution < 1.29 is 4.79 Å². The minimum Gasteiger partial charge on any atom is -0.396 e. The smallest absolute Gasteiger partial charge is 0.244 e. The highest BCUT2D eigenvalue weighted by Gasteiger charge is 2.28. The van der Waals surface area contributed by atoms with E-state index in [-0.39, 0.29) is 5.91 Å². The standard InChI is InChI=1S/C14H24N4O/c1-10-13(15)11(2)18(16-10)9-12(19)17-7-5-14(3,4)6-8-17/h5-9,15H2,1-4H3. The number of carbonyl (C=O) groups excluding carboxylic acids is 1. The van der Waals surface area contributed by atoms with Crippen molar-refractivity contribution in [2.75, 3.05) is 18.8 Å². The molecule has 106 valence electrons. The van der Waals surface area contributed by atoms with Crippen LogP contribution in [-0.4, -0.2) is 33.7 Å². The van der Waals surface area contributed by atoms with Crippen LogP contribution in [0.3, 0.4) is 0 Å². The van der Waals surface area contributed by atoms with Crippen LogP contribution in [0.5, 0.6) is 0 Å². The third-order valence-electron chi connectivity index (χ3n) is 4.19. The zero-order valence-electron chi connectivity index (χ0n) is 12.4. The maximum Gasteiger partial charge on any atom is 0.244 e. The summed E-state index contributed by atoms with van der Waals surface area (Å²) in [7, 11) is 0. The number of nitrogens with zero attached hydrogens (tertiary/aromatic N) is 3. The summed E-state index contributed by atoms with van der Waals surface area (Å²) >= 11 is 0. The molecular weight excluding hydrogens is 240 g/mol. The third-order valence-corrected chi connectivity index (χ3v) is 4.19. The number of nitrogen functional groups attached to an aromatic ring is 1. The van der Waals surface area contributed by atoms with Gasteiger partial charge in [0.25, 0.3) is 0 Å². The Morgan fingerprint density at radius 2 is 1.89 bits per heavy atom. The van der Waals surface area contributed by atoms with Crippen molar-refractivity contribution in [2.24, 2.45) is 5.41 Å². The number of aromatic nitrogens is 2. The summed E-state index contributed by atoms with van der Waals surface area (Å²) < 4.78 is 1.72. The van der Waals surface area contributed by atoms with Gasteiger partial charge in [0.05, 0.1) is 17.1 Å². The molecule has 1 aliphatic rings. The van der Waals surface area contributed by atoms with Crippen LogP contribution < -0.4 is 5.73 Å². The lowest BCUT2D eigenvalue weighted by Gasteiger charge is -2.36. The lowest BCUT2D eigenvalue weighted by Crippen LogP contribution is -2.42. The number of piperidine rings is 1. The normalized spacial score (nSPS) is 18.6. The maximum absolute atomic E-state index is 12.3. The van der Waals surface area contributed by atoms with Crippen LogP contribution in [0, 0.1) is 19.3 Å². The van der Waals surface area contributed by atoms with Crippen LogP contribution in [-0.2, 0) is 11.3 Å². The van der Waals surface area contributed by atoms with Gasteiger partial charge in [0.2, 0.25) is 5.91 Å². The molecule has 5 nitrogen and oxygen atoms in total. The molecule has 2 heterocycles. The highest BCUT2D eigenvalue weighted by molar-refractivity contribution is 5.76. The monoisotopic (exact) mass is 264 g/mol. The molecule has 0 bridgehead atoms. The Kier molecular flexibility index (Phi) is 3.56. The number of rotatable bonds is 2. The molecule has 0 aromatic carbocycles. The van der Waals surface area contributed by atoms with Crippen molar-refractivity contribution in [1.82, 2.24) is 14.7 Å². The van der Waals surface area contributed by atoms with E-state index in [4.69, 9.17) is 5.73 Å². The zero-order chi connectivity index (χ0) is 14.2. The first-order chi connectivity index (χ1) is 8.80. The van der Waals surface area contributed by atoms with Crippen molar-refractivity contribution in [1.29, 1.82) is 0 Å². The van der Waals surface area contributed by atoms with Gasteiger partial charge >= 0.3 is 0 Å². The van der Waals surface area contributed by atoms with E-state index in [1.165, 1.54) is 0 Å². The van der Waals surface area contributed by atoms with Gasteiger partial charge in [0.15, 0.2) is 0 Å². The molecule has 1 fully saturated rings. The van der Waals surface area contributed by atoms with Crippen LogP contribution in [0.15, 0.2) is 0 Å². The molecule has 0 saturated carbocycles. The Hall–Kier alpha value is -1.52. The summed E-state index contributed by atoms with van der Waals surface area (Å²) in [6, 6.07) is 0. The Labute approximate surface area is 114 Å². The third kappa shape index (κ3) is 2.91.